The second-order valence-electron chi connectivity index (χ2n) is 5.12. The average molecular weight is 295 g/mol. The molecule has 0 atom stereocenters. The standard InChI is InChI=1S/C14H15ClN2O3/c15-9-5-6-11-12(7-9)20-14(19)17(11)8-13(18)16-10-3-1-2-4-10/h5-7,10H,1-4,8H2,(H,16,18). The molecule has 0 saturated heterocycles. The summed E-state index contributed by atoms with van der Waals surface area (Å²) >= 11 is 5.85. The molecule has 1 N–H and O–H groups in total. The number of amides is 1. The molecule has 0 aliphatic heterocycles. The van der Waals surface area contributed by atoms with Crippen LogP contribution in [0.3, 0.4) is 0 Å². The molecule has 0 bridgehead atoms. The number of hydrogen-bond donors (Lipinski definition) is 1. The van der Waals surface area contributed by atoms with Gasteiger partial charge in [0.05, 0.1) is 5.52 Å². The summed E-state index contributed by atoms with van der Waals surface area (Å²) in [7, 11) is 0. The zero-order valence-corrected chi connectivity index (χ0v) is 11.7. The van der Waals surface area contributed by atoms with Gasteiger partial charge in [-0.15, -0.1) is 0 Å². The first-order valence-corrected chi connectivity index (χ1v) is 7.09. The van der Waals surface area contributed by atoms with Crippen LogP contribution in [0.2, 0.25) is 5.02 Å². The molecule has 5 nitrogen and oxygen atoms in total. The molecule has 1 amide bonds. The molecule has 1 fully saturated rings. The van der Waals surface area contributed by atoms with Gasteiger partial charge in [0.2, 0.25) is 5.91 Å². The molecule has 0 spiro atoms. The van der Waals surface area contributed by atoms with Gasteiger partial charge in [-0.3, -0.25) is 9.36 Å². The Kier molecular flexibility index (Phi) is 3.53. The first kappa shape index (κ1) is 13.2. The largest absolute Gasteiger partial charge is 0.420 e. The summed E-state index contributed by atoms with van der Waals surface area (Å²) < 4.78 is 6.42. The molecule has 0 unspecified atom stereocenters. The van der Waals surface area contributed by atoms with E-state index in [4.69, 9.17) is 16.0 Å². The highest BCUT2D eigenvalue weighted by Crippen LogP contribution is 2.19. The summed E-state index contributed by atoms with van der Waals surface area (Å²) in [6, 6.07) is 5.17. The van der Waals surface area contributed by atoms with Crippen LogP contribution in [0.25, 0.3) is 11.1 Å². The molecule has 1 heterocycles. The van der Waals surface area contributed by atoms with Crippen LogP contribution in [0.15, 0.2) is 27.4 Å². The van der Waals surface area contributed by atoms with Crippen molar-refractivity contribution in [1.29, 1.82) is 0 Å². The maximum Gasteiger partial charge on any atom is 0.420 e. The summed E-state index contributed by atoms with van der Waals surface area (Å²) in [5, 5.41) is 3.45. The number of aromatic nitrogens is 1. The van der Waals surface area contributed by atoms with E-state index in [0.29, 0.717) is 16.1 Å². The van der Waals surface area contributed by atoms with Crippen LogP contribution < -0.4 is 11.1 Å². The Balaban J connectivity index is 1.81. The molecule has 1 aromatic heterocycles. The minimum Gasteiger partial charge on any atom is -0.408 e. The van der Waals surface area contributed by atoms with Crippen LogP contribution in [0.5, 0.6) is 0 Å². The number of hydrogen-bond acceptors (Lipinski definition) is 3. The minimum atomic E-state index is -0.538. The molecular formula is C14H15ClN2O3. The number of halogens is 1. The number of carbonyl (C=O) groups is 1. The highest BCUT2D eigenvalue weighted by molar-refractivity contribution is 6.31. The van der Waals surface area contributed by atoms with E-state index in [9.17, 15) is 9.59 Å². The Morgan fingerprint density at radius 3 is 2.90 bits per heavy atom. The first-order valence-electron chi connectivity index (χ1n) is 6.72. The van der Waals surface area contributed by atoms with Crippen molar-refractivity contribution < 1.29 is 9.21 Å². The van der Waals surface area contributed by atoms with E-state index < -0.39 is 5.76 Å². The smallest absolute Gasteiger partial charge is 0.408 e. The number of oxazole rings is 1. The average Bonchev–Trinajstić information content (AvgIpc) is 2.98. The van der Waals surface area contributed by atoms with Gasteiger partial charge in [-0.1, -0.05) is 24.4 Å². The molecule has 3 rings (SSSR count). The van der Waals surface area contributed by atoms with E-state index in [-0.39, 0.29) is 18.5 Å². The number of nitrogens with one attached hydrogen (secondary N) is 1. The SMILES string of the molecule is O=C(Cn1c(=O)oc2cc(Cl)ccc21)NC1CCCC1. The van der Waals surface area contributed by atoms with Gasteiger partial charge < -0.3 is 9.73 Å². The summed E-state index contributed by atoms with van der Waals surface area (Å²) in [5.74, 6) is -0.694. The zero-order chi connectivity index (χ0) is 14.1. The molecule has 1 saturated carbocycles. The van der Waals surface area contributed by atoms with Gasteiger partial charge in [0.15, 0.2) is 5.58 Å². The fourth-order valence-corrected chi connectivity index (χ4v) is 2.84. The molecule has 1 aliphatic carbocycles. The lowest BCUT2D eigenvalue weighted by Gasteiger charge is -2.11. The van der Waals surface area contributed by atoms with Crippen molar-refractivity contribution >= 4 is 28.6 Å². The maximum atomic E-state index is 12.0. The molecular weight excluding hydrogens is 280 g/mol. The van der Waals surface area contributed by atoms with Crippen molar-refractivity contribution in [3.63, 3.8) is 0 Å². The van der Waals surface area contributed by atoms with Crippen molar-refractivity contribution in [1.82, 2.24) is 9.88 Å². The third-order valence-corrected chi connectivity index (χ3v) is 3.89. The quantitative estimate of drug-likeness (QED) is 0.945. The predicted molar refractivity (Wildman–Crippen MR) is 75.9 cm³/mol. The minimum absolute atomic E-state index is 0.0238. The summed E-state index contributed by atoms with van der Waals surface area (Å²) in [6.45, 7) is -0.0238. The predicted octanol–water partition coefficient (Wildman–Crippen LogP) is 2.31. The van der Waals surface area contributed by atoms with Gasteiger partial charge in [0, 0.05) is 17.1 Å². The van der Waals surface area contributed by atoms with Crippen molar-refractivity contribution in [3.05, 3.63) is 33.8 Å². The van der Waals surface area contributed by atoms with E-state index >= 15 is 0 Å². The van der Waals surface area contributed by atoms with Gasteiger partial charge >= 0.3 is 5.76 Å². The molecule has 2 aromatic rings. The van der Waals surface area contributed by atoms with Crippen molar-refractivity contribution in [2.24, 2.45) is 0 Å². The highest BCUT2D eigenvalue weighted by Gasteiger charge is 2.19. The number of nitrogens with zero attached hydrogens (tertiary/aromatic N) is 1. The second kappa shape index (κ2) is 5.32. The van der Waals surface area contributed by atoms with Crippen LogP contribution in [-0.2, 0) is 11.3 Å². The molecule has 20 heavy (non-hydrogen) atoms. The number of benzene rings is 1. The number of carbonyl (C=O) groups excluding carboxylic acids is 1. The number of rotatable bonds is 3. The molecule has 0 radical (unpaired) electrons. The van der Waals surface area contributed by atoms with Crippen molar-refractivity contribution in [2.75, 3.05) is 0 Å². The van der Waals surface area contributed by atoms with Crippen LogP contribution in [0, 0.1) is 0 Å². The first-order chi connectivity index (χ1) is 9.63. The Morgan fingerprint density at radius 2 is 2.15 bits per heavy atom. The van der Waals surface area contributed by atoms with Crippen molar-refractivity contribution in [2.45, 2.75) is 38.3 Å². The van der Waals surface area contributed by atoms with E-state index in [1.165, 1.54) is 4.57 Å². The topological polar surface area (TPSA) is 64.2 Å². The third kappa shape index (κ3) is 2.58. The lowest BCUT2D eigenvalue weighted by molar-refractivity contribution is -0.122. The maximum absolute atomic E-state index is 12.0. The highest BCUT2D eigenvalue weighted by atomic mass is 35.5. The van der Waals surface area contributed by atoms with Crippen LogP contribution in [0.1, 0.15) is 25.7 Å². The molecule has 106 valence electrons. The molecule has 1 aliphatic rings. The lowest BCUT2D eigenvalue weighted by atomic mass is 10.2. The Labute approximate surface area is 120 Å². The molecule has 1 aromatic carbocycles. The van der Waals surface area contributed by atoms with E-state index in [0.717, 1.165) is 25.7 Å². The van der Waals surface area contributed by atoms with Crippen LogP contribution >= 0.6 is 11.6 Å². The monoisotopic (exact) mass is 294 g/mol. The Morgan fingerprint density at radius 1 is 1.40 bits per heavy atom. The fourth-order valence-electron chi connectivity index (χ4n) is 2.68. The fraction of sp³-hybridized carbons (Fsp3) is 0.429. The van der Waals surface area contributed by atoms with E-state index in [1.54, 1.807) is 18.2 Å². The van der Waals surface area contributed by atoms with Crippen LogP contribution in [0.4, 0.5) is 0 Å². The van der Waals surface area contributed by atoms with Gasteiger partial charge in [0.1, 0.15) is 6.54 Å². The molecule has 6 heteroatoms. The third-order valence-electron chi connectivity index (χ3n) is 3.65. The second-order valence-corrected chi connectivity index (χ2v) is 5.55. The van der Waals surface area contributed by atoms with Crippen molar-refractivity contribution in [3.8, 4) is 0 Å². The number of fused-ring (bicyclic) bond motifs is 1. The summed E-state index contributed by atoms with van der Waals surface area (Å²) in [5.41, 5.74) is 0.983. The van der Waals surface area contributed by atoms with E-state index in [2.05, 4.69) is 5.32 Å². The van der Waals surface area contributed by atoms with Gasteiger partial charge in [0.25, 0.3) is 0 Å². The Bertz CT molecular complexity index is 698. The van der Waals surface area contributed by atoms with Crippen LogP contribution in [-0.4, -0.2) is 16.5 Å². The van der Waals surface area contributed by atoms with Gasteiger partial charge in [-0.2, -0.15) is 0 Å². The van der Waals surface area contributed by atoms with E-state index in [1.807, 2.05) is 0 Å². The Hall–Kier alpha value is -1.75. The van der Waals surface area contributed by atoms with Gasteiger partial charge in [-0.05, 0) is 25.0 Å². The zero-order valence-electron chi connectivity index (χ0n) is 10.9. The van der Waals surface area contributed by atoms with Gasteiger partial charge in [-0.25, -0.2) is 4.79 Å². The normalized spacial score (nSPS) is 15.8. The summed E-state index contributed by atoms with van der Waals surface area (Å²) in [6.07, 6.45) is 4.33. The lowest BCUT2D eigenvalue weighted by Crippen LogP contribution is -2.36. The summed E-state index contributed by atoms with van der Waals surface area (Å²) in [4.78, 5) is 23.8.